The molecule has 150 valence electrons. The summed E-state index contributed by atoms with van der Waals surface area (Å²) in [5.41, 5.74) is 3.61. The molecule has 28 heavy (non-hydrogen) atoms. The van der Waals surface area contributed by atoms with E-state index in [9.17, 15) is 13.2 Å². The van der Waals surface area contributed by atoms with Crippen LogP contribution in [0.3, 0.4) is 0 Å². The zero-order chi connectivity index (χ0) is 20.0. The molecule has 0 saturated carbocycles. The fraction of sp³-hybridized carbons (Fsp3) is 0.409. The molecule has 2 aromatic rings. The highest BCUT2D eigenvalue weighted by molar-refractivity contribution is 7.89. The lowest BCUT2D eigenvalue weighted by molar-refractivity contribution is 0.0950. The molecular formula is C22H28N2O3S. The number of nitrogens with one attached hydrogen (secondary N) is 1. The Bertz CT molecular complexity index is 902. The molecule has 0 unspecified atom stereocenters. The van der Waals surface area contributed by atoms with Crippen molar-refractivity contribution >= 4 is 15.7 Å². The van der Waals surface area contributed by atoms with Gasteiger partial charge in [-0.3, -0.25) is 9.69 Å². The van der Waals surface area contributed by atoms with E-state index in [1.807, 2.05) is 12.1 Å². The number of sulfone groups is 1. The van der Waals surface area contributed by atoms with E-state index in [-0.39, 0.29) is 11.7 Å². The zero-order valence-corrected chi connectivity index (χ0v) is 17.2. The first-order valence-corrected chi connectivity index (χ1v) is 11.8. The molecule has 1 aliphatic rings. The lowest BCUT2D eigenvalue weighted by Gasteiger charge is -2.27. The van der Waals surface area contributed by atoms with E-state index in [2.05, 4.69) is 22.3 Å². The Morgan fingerprint density at radius 1 is 0.964 bits per heavy atom. The van der Waals surface area contributed by atoms with Crippen molar-refractivity contribution in [1.82, 2.24) is 10.2 Å². The molecule has 2 aromatic carbocycles. The second-order valence-corrected chi connectivity index (χ2v) is 9.70. The van der Waals surface area contributed by atoms with Gasteiger partial charge in [0.25, 0.3) is 5.91 Å². The van der Waals surface area contributed by atoms with E-state index in [0.29, 0.717) is 17.7 Å². The van der Waals surface area contributed by atoms with E-state index in [4.69, 9.17) is 0 Å². The van der Waals surface area contributed by atoms with Crippen LogP contribution in [0.15, 0.2) is 48.5 Å². The number of piperidine rings is 1. The number of nitrogens with zero attached hydrogens (tertiary/aromatic N) is 1. The van der Waals surface area contributed by atoms with Gasteiger partial charge in [0.1, 0.15) is 0 Å². The van der Waals surface area contributed by atoms with E-state index in [1.54, 1.807) is 24.3 Å². The maximum Gasteiger partial charge on any atom is 0.251 e. The Morgan fingerprint density at radius 3 is 2.25 bits per heavy atom. The molecule has 3 rings (SSSR count). The molecule has 0 aromatic heterocycles. The van der Waals surface area contributed by atoms with Crippen LogP contribution in [0.25, 0.3) is 0 Å². The van der Waals surface area contributed by atoms with E-state index in [0.717, 1.165) is 25.2 Å². The maximum absolute atomic E-state index is 12.5. The van der Waals surface area contributed by atoms with Gasteiger partial charge in [-0.05, 0) is 54.8 Å². The second-order valence-electron chi connectivity index (χ2n) is 7.56. The normalized spacial score (nSPS) is 15.3. The third-order valence-electron chi connectivity index (χ3n) is 5.05. The van der Waals surface area contributed by atoms with Gasteiger partial charge in [-0.1, -0.05) is 42.8 Å². The second kappa shape index (κ2) is 9.34. The smallest absolute Gasteiger partial charge is 0.251 e. The van der Waals surface area contributed by atoms with Crippen molar-refractivity contribution in [3.05, 3.63) is 70.8 Å². The Labute approximate surface area is 167 Å². The number of amides is 1. The Kier molecular flexibility index (Phi) is 6.86. The Morgan fingerprint density at radius 2 is 1.61 bits per heavy atom. The van der Waals surface area contributed by atoms with Crippen molar-refractivity contribution in [3.63, 3.8) is 0 Å². The van der Waals surface area contributed by atoms with E-state index >= 15 is 0 Å². The Balaban J connectivity index is 1.60. The summed E-state index contributed by atoms with van der Waals surface area (Å²) < 4.78 is 22.7. The average Bonchev–Trinajstić information content (AvgIpc) is 2.67. The molecule has 1 amide bonds. The van der Waals surface area contributed by atoms with Crippen molar-refractivity contribution in [3.8, 4) is 0 Å². The van der Waals surface area contributed by atoms with Gasteiger partial charge in [-0.2, -0.15) is 0 Å². The minimum absolute atomic E-state index is 0.0151. The molecular weight excluding hydrogens is 372 g/mol. The van der Waals surface area contributed by atoms with Crippen LogP contribution in [0.5, 0.6) is 0 Å². The quantitative estimate of drug-likeness (QED) is 0.775. The van der Waals surface area contributed by atoms with Crippen LogP contribution in [-0.4, -0.2) is 38.6 Å². The summed E-state index contributed by atoms with van der Waals surface area (Å²) in [6.45, 7) is 3.68. The lowest BCUT2D eigenvalue weighted by Crippen LogP contribution is -2.30. The molecule has 0 radical (unpaired) electrons. The van der Waals surface area contributed by atoms with Crippen molar-refractivity contribution in [2.45, 2.75) is 38.1 Å². The van der Waals surface area contributed by atoms with Crippen molar-refractivity contribution in [2.24, 2.45) is 0 Å². The summed E-state index contributed by atoms with van der Waals surface area (Å²) in [4.78, 5) is 15.0. The number of benzene rings is 2. The number of carbonyl (C=O) groups is 1. The first-order chi connectivity index (χ1) is 13.4. The molecule has 5 nitrogen and oxygen atoms in total. The molecule has 1 fully saturated rings. The number of carbonyl (C=O) groups excluding carboxylic acids is 1. The molecule has 0 aliphatic carbocycles. The van der Waals surface area contributed by atoms with Crippen molar-refractivity contribution in [1.29, 1.82) is 0 Å². The summed E-state index contributed by atoms with van der Waals surface area (Å²) in [5.74, 6) is -0.169. The molecule has 0 bridgehead atoms. The average molecular weight is 401 g/mol. The predicted octanol–water partition coefficient (Wildman–Crippen LogP) is 3.15. The molecule has 0 atom stereocenters. The van der Waals surface area contributed by atoms with E-state index < -0.39 is 9.84 Å². The Hall–Kier alpha value is -2.18. The lowest BCUT2D eigenvalue weighted by atomic mass is 10.0. The number of likely N-dealkylation sites (tertiary alicyclic amines) is 1. The van der Waals surface area contributed by atoms with Gasteiger partial charge in [0.15, 0.2) is 9.84 Å². The highest BCUT2D eigenvalue weighted by atomic mass is 32.2. The number of rotatable bonds is 7. The third kappa shape index (κ3) is 6.17. The van der Waals surface area contributed by atoms with E-state index in [1.165, 1.54) is 31.1 Å². The topological polar surface area (TPSA) is 66.5 Å². The van der Waals surface area contributed by atoms with Crippen LogP contribution in [0.2, 0.25) is 0 Å². The number of hydrogen-bond acceptors (Lipinski definition) is 4. The summed E-state index contributed by atoms with van der Waals surface area (Å²) in [7, 11) is -3.08. The minimum Gasteiger partial charge on any atom is -0.348 e. The van der Waals surface area contributed by atoms with Crippen LogP contribution < -0.4 is 5.32 Å². The molecule has 1 N–H and O–H groups in total. The third-order valence-corrected chi connectivity index (χ3v) is 5.90. The summed E-state index contributed by atoms with van der Waals surface area (Å²) in [6.07, 6.45) is 5.04. The predicted molar refractivity (Wildman–Crippen MR) is 112 cm³/mol. The van der Waals surface area contributed by atoms with Gasteiger partial charge in [0, 0.05) is 24.9 Å². The molecule has 6 heteroatoms. The maximum atomic E-state index is 12.5. The van der Waals surface area contributed by atoms with Crippen LogP contribution in [0.1, 0.15) is 46.3 Å². The van der Waals surface area contributed by atoms with Gasteiger partial charge in [-0.25, -0.2) is 8.42 Å². The number of hydrogen-bond donors (Lipinski definition) is 1. The van der Waals surface area contributed by atoms with Crippen LogP contribution >= 0.6 is 0 Å². The molecule has 1 saturated heterocycles. The first kappa shape index (κ1) is 20.6. The molecule has 1 heterocycles. The SMILES string of the molecule is CS(=O)(=O)Cc1ccc(C(=O)NCc2ccccc2CN2CCCCC2)cc1. The highest BCUT2D eigenvalue weighted by Gasteiger charge is 2.13. The standard InChI is InChI=1S/C22H28N2O3S/c1-28(26,27)17-18-9-11-19(12-10-18)22(25)23-15-20-7-3-4-8-21(20)16-24-13-5-2-6-14-24/h3-4,7-12H,2,5-6,13-17H2,1H3,(H,23,25). The van der Waals surface area contributed by atoms with Gasteiger partial charge >= 0.3 is 0 Å². The molecule has 1 aliphatic heterocycles. The van der Waals surface area contributed by atoms with Crippen LogP contribution in [-0.2, 0) is 28.7 Å². The largest absolute Gasteiger partial charge is 0.348 e. The van der Waals surface area contributed by atoms with Gasteiger partial charge in [-0.15, -0.1) is 0 Å². The first-order valence-electron chi connectivity index (χ1n) is 9.75. The summed E-state index contributed by atoms with van der Waals surface area (Å²) in [6, 6.07) is 15.0. The molecule has 0 spiro atoms. The highest BCUT2D eigenvalue weighted by Crippen LogP contribution is 2.16. The minimum atomic E-state index is -3.08. The van der Waals surface area contributed by atoms with Gasteiger partial charge in [0.2, 0.25) is 0 Å². The van der Waals surface area contributed by atoms with Crippen molar-refractivity contribution in [2.75, 3.05) is 19.3 Å². The summed E-state index contributed by atoms with van der Waals surface area (Å²) >= 11 is 0. The van der Waals surface area contributed by atoms with Gasteiger partial charge < -0.3 is 5.32 Å². The monoisotopic (exact) mass is 400 g/mol. The fourth-order valence-corrected chi connectivity index (χ4v) is 4.37. The summed E-state index contributed by atoms with van der Waals surface area (Å²) in [5, 5.41) is 2.98. The van der Waals surface area contributed by atoms with Crippen molar-refractivity contribution < 1.29 is 13.2 Å². The van der Waals surface area contributed by atoms with Gasteiger partial charge in [0.05, 0.1) is 5.75 Å². The zero-order valence-electron chi connectivity index (χ0n) is 16.4. The van der Waals surface area contributed by atoms with Crippen LogP contribution in [0.4, 0.5) is 0 Å². The fourth-order valence-electron chi connectivity index (χ4n) is 3.58. The van der Waals surface area contributed by atoms with Crippen LogP contribution in [0, 0.1) is 0 Å².